The maximum atomic E-state index is 6.40. The molecule has 13 rings (SSSR count). The second-order valence-corrected chi connectivity index (χ2v) is 18.3. The van der Waals surface area contributed by atoms with Crippen LogP contribution in [0.25, 0.3) is 78.2 Å². The van der Waals surface area contributed by atoms with E-state index in [9.17, 15) is 0 Å². The van der Waals surface area contributed by atoms with Gasteiger partial charge < -0.3 is 14.6 Å². The van der Waals surface area contributed by atoms with Crippen molar-refractivity contribution in [2.45, 2.75) is 16.0 Å². The highest BCUT2D eigenvalue weighted by atomic mass is 32.2. The Morgan fingerprint density at radius 2 is 1.09 bits per heavy atom. The number of benzene rings is 9. The fourth-order valence-electron chi connectivity index (χ4n) is 9.57. The van der Waals surface area contributed by atoms with Gasteiger partial charge >= 0.3 is 0 Å². The molecule has 0 saturated carbocycles. The van der Waals surface area contributed by atoms with E-state index in [0.717, 1.165) is 111 Å². The minimum absolute atomic E-state index is 0.319. The molecule has 2 aliphatic rings. The molecule has 0 fully saturated rings. The zero-order valence-electron chi connectivity index (χ0n) is 37.2. The molecule has 4 heterocycles. The van der Waals surface area contributed by atoms with Gasteiger partial charge in [0.2, 0.25) is 0 Å². The predicted molar refractivity (Wildman–Crippen MR) is 282 cm³/mol. The molecular weight excluding hydrogens is 863 g/mol. The third-order valence-corrected chi connectivity index (χ3v) is 14.0. The molecule has 2 aromatic heterocycles. The minimum Gasteiger partial charge on any atom is -0.455 e. The molecule has 0 spiro atoms. The van der Waals surface area contributed by atoms with Crippen molar-refractivity contribution in [3.8, 4) is 62.2 Å². The van der Waals surface area contributed by atoms with E-state index in [4.69, 9.17) is 19.7 Å². The lowest BCUT2D eigenvalue weighted by molar-refractivity contribution is 0.454. The second kappa shape index (κ2) is 17.1. The lowest BCUT2D eigenvalue weighted by Gasteiger charge is -2.26. The van der Waals surface area contributed by atoms with Crippen molar-refractivity contribution in [2.75, 3.05) is 0 Å². The number of fused-ring (bicyclic) bond motifs is 5. The van der Waals surface area contributed by atoms with Crippen LogP contribution in [0.5, 0.6) is 11.5 Å². The third-order valence-electron chi connectivity index (χ3n) is 12.9. The number of rotatable bonds is 8. The molecule has 1 N–H and O–H groups in total. The molecule has 69 heavy (non-hydrogen) atoms. The molecule has 0 bridgehead atoms. The molecule has 11 aromatic rings. The Bertz CT molecular complexity index is 3810. The van der Waals surface area contributed by atoms with Crippen molar-refractivity contribution in [1.82, 2.24) is 19.9 Å². The zero-order chi connectivity index (χ0) is 45.7. The van der Waals surface area contributed by atoms with Gasteiger partial charge in [-0.15, -0.1) is 0 Å². The van der Waals surface area contributed by atoms with Crippen molar-refractivity contribution in [1.29, 1.82) is 0 Å². The molecule has 0 radical (unpaired) electrons. The first-order valence-corrected chi connectivity index (χ1v) is 23.9. The van der Waals surface area contributed by atoms with Crippen molar-refractivity contribution < 1.29 is 4.74 Å². The number of aliphatic imine (C=N–C) groups is 1. The normalized spacial score (nSPS) is 14.0. The van der Waals surface area contributed by atoms with E-state index < -0.39 is 0 Å². The first-order valence-electron chi connectivity index (χ1n) is 23.1. The Hall–Kier alpha value is -8.78. The summed E-state index contributed by atoms with van der Waals surface area (Å²) in [6, 6.07) is 80.6. The Balaban J connectivity index is 1.00. The van der Waals surface area contributed by atoms with Crippen LogP contribution < -0.4 is 10.1 Å². The maximum absolute atomic E-state index is 6.40. The lowest BCUT2D eigenvalue weighted by atomic mass is 9.91. The van der Waals surface area contributed by atoms with Gasteiger partial charge in [0, 0.05) is 44.4 Å². The maximum Gasteiger partial charge on any atom is 0.160 e. The fourth-order valence-corrected chi connectivity index (χ4v) is 10.6. The topological polar surface area (TPSA) is 64.3 Å². The van der Waals surface area contributed by atoms with Crippen LogP contribution >= 0.6 is 11.8 Å². The van der Waals surface area contributed by atoms with Gasteiger partial charge in [0.1, 0.15) is 17.7 Å². The monoisotopic (exact) mass is 903 g/mol. The highest BCUT2D eigenvalue weighted by Crippen LogP contribution is 2.48. The van der Waals surface area contributed by atoms with Crippen LogP contribution in [-0.4, -0.2) is 20.2 Å². The number of nitrogens with zero attached hydrogens (tertiary/aromatic N) is 4. The van der Waals surface area contributed by atoms with Gasteiger partial charge in [-0.3, -0.25) is 4.99 Å². The van der Waals surface area contributed by atoms with Crippen LogP contribution in [-0.2, 0) is 0 Å². The minimum atomic E-state index is -0.319. The summed E-state index contributed by atoms with van der Waals surface area (Å²) in [4.78, 5) is 18.4. The fraction of sp³-hybridized carbons (Fsp3) is 0.0161. The van der Waals surface area contributed by atoms with Gasteiger partial charge in [0.25, 0.3) is 0 Å². The average molecular weight is 904 g/mol. The third kappa shape index (κ3) is 7.55. The van der Waals surface area contributed by atoms with Gasteiger partial charge in [-0.2, -0.15) is 0 Å². The smallest absolute Gasteiger partial charge is 0.160 e. The Morgan fingerprint density at radius 1 is 0.449 bits per heavy atom. The molecule has 0 amide bonds. The number of nitrogens with one attached hydrogen (secondary N) is 1. The van der Waals surface area contributed by atoms with Crippen LogP contribution in [0, 0.1) is 0 Å². The number of hydrogen-bond donors (Lipinski definition) is 1. The SMILES string of the molecule is C1=C(c2ccccc2)NC(c2ccccc2)N=C1c1cc(-c2cc(-c3ccccc3)nc(-c3ccc4c(c3)c3ccccc3n4-c3ccccc3)n2)ccc1-c1ccc2c(c1)Sc1ccccc1O2. The van der Waals surface area contributed by atoms with Gasteiger partial charge in [-0.25, -0.2) is 9.97 Å². The summed E-state index contributed by atoms with van der Waals surface area (Å²) in [5.74, 6) is 2.37. The lowest BCUT2D eigenvalue weighted by Crippen LogP contribution is -2.25. The standard InChI is InChI=1S/C62H41N5OS/c1-5-17-40(18-6-1)51-38-53(65-62(64-51)45-30-33-56-50(36-45)48-25-13-14-26-55(48)67(56)46-23-11-4-12-24-46)44-29-32-47(43-31-34-58-60(37-43)69-59-28-16-15-27-57(59)68-58)49(35-44)54-39-52(41-19-7-2-8-20-41)63-61(66-54)42-21-9-3-10-22-42/h1-39,61,63H. The molecule has 326 valence electrons. The molecule has 0 aliphatic carbocycles. The molecule has 6 nitrogen and oxygen atoms in total. The van der Waals surface area contributed by atoms with Gasteiger partial charge in [0.05, 0.1) is 37.9 Å². The van der Waals surface area contributed by atoms with Gasteiger partial charge in [0.15, 0.2) is 5.82 Å². The summed E-state index contributed by atoms with van der Waals surface area (Å²) >= 11 is 1.73. The van der Waals surface area contributed by atoms with Crippen LogP contribution in [0.2, 0.25) is 0 Å². The number of hydrogen-bond acceptors (Lipinski definition) is 6. The van der Waals surface area contributed by atoms with E-state index in [1.54, 1.807) is 11.8 Å². The van der Waals surface area contributed by atoms with Crippen molar-refractivity contribution >= 4 is 45.0 Å². The first kappa shape index (κ1) is 40.5. The molecule has 1 unspecified atom stereocenters. The van der Waals surface area contributed by atoms with Crippen molar-refractivity contribution in [3.05, 3.63) is 253 Å². The molecule has 2 aliphatic heterocycles. The number of aromatic nitrogens is 3. The number of para-hydroxylation sites is 3. The average Bonchev–Trinajstić information content (AvgIpc) is 3.76. The summed E-state index contributed by atoms with van der Waals surface area (Å²) in [7, 11) is 0. The second-order valence-electron chi connectivity index (χ2n) is 17.2. The highest BCUT2D eigenvalue weighted by molar-refractivity contribution is 7.99. The number of allylic oxidation sites excluding steroid dienone is 1. The van der Waals surface area contributed by atoms with E-state index in [2.05, 4.69) is 222 Å². The van der Waals surface area contributed by atoms with Crippen LogP contribution in [0.1, 0.15) is 22.9 Å². The zero-order valence-corrected chi connectivity index (χ0v) is 38.0. The van der Waals surface area contributed by atoms with Crippen LogP contribution in [0.3, 0.4) is 0 Å². The summed E-state index contributed by atoms with van der Waals surface area (Å²) in [6.45, 7) is 0. The van der Waals surface area contributed by atoms with E-state index in [-0.39, 0.29) is 6.17 Å². The Kier molecular flexibility index (Phi) is 10.1. The van der Waals surface area contributed by atoms with E-state index in [1.807, 2.05) is 24.3 Å². The predicted octanol–water partition coefficient (Wildman–Crippen LogP) is 15.6. The van der Waals surface area contributed by atoms with E-state index in [1.165, 1.54) is 5.39 Å². The largest absolute Gasteiger partial charge is 0.455 e. The highest BCUT2D eigenvalue weighted by Gasteiger charge is 2.25. The quantitative estimate of drug-likeness (QED) is 0.165. The molecule has 1 atom stereocenters. The van der Waals surface area contributed by atoms with Gasteiger partial charge in [-0.05, 0) is 101 Å². The van der Waals surface area contributed by atoms with E-state index >= 15 is 0 Å². The molecule has 7 heteroatoms. The molecular formula is C62H41N5OS. The summed E-state index contributed by atoms with van der Waals surface area (Å²) in [5.41, 5.74) is 15.1. The van der Waals surface area contributed by atoms with Crippen molar-refractivity contribution in [2.24, 2.45) is 4.99 Å². The summed E-state index contributed by atoms with van der Waals surface area (Å²) in [5, 5.41) is 6.08. The first-order chi connectivity index (χ1) is 34.2. The summed E-state index contributed by atoms with van der Waals surface area (Å²) < 4.78 is 8.74. The van der Waals surface area contributed by atoms with Crippen LogP contribution in [0.15, 0.2) is 251 Å². The molecule has 9 aromatic carbocycles. The van der Waals surface area contributed by atoms with Gasteiger partial charge in [-0.1, -0.05) is 169 Å². The summed E-state index contributed by atoms with van der Waals surface area (Å²) in [6.07, 6.45) is 1.87. The van der Waals surface area contributed by atoms with Crippen molar-refractivity contribution in [3.63, 3.8) is 0 Å². The Labute approximate surface area is 404 Å². The Morgan fingerprint density at radius 3 is 1.90 bits per heavy atom. The van der Waals surface area contributed by atoms with E-state index in [0.29, 0.717) is 5.82 Å². The van der Waals surface area contributed by atoms with Crippen LogP contribution in [0.4, 0.5) is 0 Å². The number of ether oxygens (including phenoxy) is 1. The molecule has 0 saturated heterocycles.